The summed E-state index contributed by atoms with van der Waals surface area (Å²) in [5, 5.41) is 9.14. The van der Waals surface area contributed by atoms with E-state index in [0.717, 1.165) is 10.0 Å². The number of nitrogens with zero attached hydrogens (tertiary/aromatic N) is 2. The number of methoxy groups -OCH3 is 1. The van der Waals surface area contributed by atoms with Crippen LogP contribution in [0.15, 0.2) is 28.9 Å². The molecule has 0 bridgehead atoms. The summed E-state index contributed by atoms with van der Waals surface area (Å²) < 4.78 is 7.85. The summed E-state index contributed by atoms with van der Waals surface area (Å²) in [6, 6.07) is 5.62. The van der Waals surface area contributed by atoms with Crippen molar-refractivity contribution in [1.29, 1.82) is 0 Å². The van der Waals surface area contributed by atoms with Crippen LogP contribution in [-0.4, -0.2) is 27.7 Å². The molecular weight excluding hydrogens is 312 g/mol. The minimum absolute atomic E-state index is 0.166. The monoisotopic (exact) mass is 324 g/mol. The minimum atomic E-state index is -0.991. The lowest BCUT2D eigenvalue weighted by molar-refractivity contribution is 0.0685. The predicted octanol–water partition coefficient (Wildman–Crippen LogP) is 2.71. The number of ether oxygens (including phenoxy) is 1. The van der Waals surface area contributed by atoms with Crippen molar-refractivity contribution in [3.63, 3.8) is 0 Å². The Morgan fingerprint density at radius 1 is 1.53 bits per heavy atom. The summed E-state index contributed by atoms with van der Waals surface area (Å²) >= 11 is 3.40. The van der Waals surface area contributed by atoms with Gasteiger partial charge in [-0.25, -0.2) is 9.78 Å². The van der Waals surface area contributed by atoms with Crippen molar-refractivity contribution in [2.45, 2.75) is 13.5 Å². The molecule has 0 atom stereocenters. The fourth-order valence-corrected chi connectivity index (χ4v) is 2.29. The van der Waals surface area contributed by atoms with E-state index >= 15 is 0 Å². The Bertz CT molecular complexity index is 622. The lowest BCUT2D eigenvalue weighted by atomic mass is 10.2. The molecule has 1 aromatic heterocycles. The summed E-state index contributed by atoms with van der Waals surface area (Å²) in [6.07, 6.45) is 1.36. The Labute approximate surface area is 119 Å². The number of carboxylic acids is 1. The summed E-state index contributed by atoms with van der Waals surface area (Å²) in [5.74, 6) is 0.377. The van der Waals surface area contributed by atoms with Gasteiger partial charge < -0.3 is 14.4 Å². The molecule has 0 fully saturated rings. The van der Waals surface area contributed by atoms with Crippen LogP contribution in [0.5, 0.6) is 5.75 Å². The van der Waals surface area contributed by atoms with Gasteiger partial charge in [0.15, 0.2) is 0 Å². The first-order valence-electron chi connectivity index (χ1n) is 5.60. The highest BCUT2D eigenvalue weighted by Crippen LogP contribution is 2.24. The van der Waals surface area contributed by atoms with Gasteiger partial charge in [0.25, 0.3) is 0 Å². The molecule has 2 rings (SSSR count). The molecule has 2 aromatic rings. The zero-order valence-corrected chi connectivity index (χ0v) is 12.1. The van der Waals surface area contributed by atoms with Crippen LogP contribution in [-0.2, 0) is 6.54 Å². The molecule has 0 spiro atoms. The number of carbonyl (C=O) groups is 1. The predicted molar refractivity (Wildman–Crippen MR) is 73.7 cm³/mol. The molecule has 0 amide bonds. The maximum Gasteiger partial charge on any atom is 0.354 e. The molecule has 0 aliphatic heterocycles. The fraction of sp³-hybridized carbons (Fsp3) is 0.231. The largest absolute Gasteiger partial charge is 0.496 e. The van der Waals surface area contributed by atoms with Crippen molar-refractivity contribution in [2.75, 3.05) is 7.11 Å². The van der Waals surface area contributed by atoms with Gasteiger partial charge in [-0.1, -0.05) is 15.9 Å². The van der Waals surface area contributed by atoms with Crippen molar-refractivity contribution < 1.29 is 14.6 Å². The van der Waals surface area contributed by atoms with E-state index in [4.69, 9.17) is 9.84 Å². The fourth-order valence-electron chi connectivity index (χ4n) is 1.88. The normalized spacial score (nSPS) is 10.5. The van der Waals surface area contributed by atoms with E-state index < -0.39 is 5.97 Å². The Morgan fingerprint density at radius 3 is 2.89 bits per heavy atom. The summed E-state index contributed by atoms with van der Waals surface area (Å²) in [4.78, 5) is 15.2. The molecule has 1 aromatic carbocycles. The smallest absolute Gasteiger partial charge is 0.354 e. The number of carboxylic acid groups (broad SMARTS) is 1. The van der Waals surface area contributed by atoms with Crippen LogP contribution in [0.2, 0.25) is 0 Å². The first-order valence-corrected chi connectivity index (χ1v) is 6.40. The van der Waals surface area contributed by atoms with Crippen molar-refractivity contribution >= 4 is 21.9 Å². The molecule has 0 saturated heterocycles. The number of aromatic nitrogens is 2. The Morgan fingerprint density at radius 2 is 2.26 bits per heavy atom. The van der Waals surface area contributed by atoms with E-state index in [9.17, 15) is 4.79 Å². The Kier molecular flexibility index (Phi) is 3.90. The molecule has 1 heterocycles. The molecule has 0 saturated carbocycles. The second-order valence-electron chi connectivity index (χ2n) is 4.04. The van der Waals surface area contributed by atoms with Gasteiger partial charge in [-0.05, 0) is 25.1 Å². The molecule has 0 radical (unpaired) electrons. The van der Waals surface area contributed by atoms with E-state index in [1.54, 1.807) is 18.6 Å². The highest BCUT2D eigenvalue weighted by molar-refractivity contribution is 9.10. The van der Waals surface area contributed by atoms with Gasteiger partial charge in [0.05, 0.1) is 19.9 Å². The quantitative estimate of drug-likeness (QED) is 0.939. The molecule has 19 heavy (non-hydrogen) atoms. The van der Waals surface area contributed by atoms with E-state index in [0.29, 0.717) is 18.1 Å². The molecule has 0 unspecified atom stereocenters. The Balaban J connectivity index is 2.44. The third kappa shape index (κ3) is 2.78. The van der Waals surface area contributed by atoms with Crippen LogP contribution >= 0.6 is 15.9 Å². The van der Waals surface area contributed by atoms with Gasteiger partial charge in [-0.2, -0.15) is 0 Å². The van der Waals surface area contributed by atoms with Crippen LogP contribution in [0.4, 0.5) is 0 Å². The zero-order chi connectivity index (χ0) is 14.0. The third-order valence-corrected chi connectivity index (χ3v) is 3.34. The van der Waals surface area contributed by atoms with Gasteiger partial charge in [0.1, 0.15) is 17.3 Å². The molecule has 0 aliphatic rings. The van der Waals surface area contributed by atoms with E-state index in [1.165, 1.54) is 6.20 Å². The zero-order valence-electron chi connectivity index (χ0n) is 10.6. The highest BCUT2D eigenvalue weighted by Gasteiger charge is 2.15. The molecule has 1 N–H and O–H groups in total. The number of aryl methyl sites for hydroxylation is 1. The van der Waals surface area contributed by atoms with Crippen LogP contribution in [0.1, 0.15) is 21.9 Å². The Hall–Kier alpha value is -1.82. The van der Waals surface area contributed by atoms with Crippen LogP contribution in [0.25, 0.3) is 0 Å². The maximum absolute atomic E-state index is 11.1. The second-order valence-corrected chi connectivity index (χ2v) is 4.95. The number of halogens is 1. The third-order valence-electron chi connectivity index (χ3n) is 2.85. The van der Waals surface area contributed by atoms with E-state index in [2.05, 4.69) is 20.9 Å². The average Bonchev–Trinajstić information content (AvgIpc) is 2.72. The molecule has 100 valence electrons. The van der Waals surface area contributed by atoms with Crippen molar-refractivity contribution in [1.82, 2.24) is 9.55 Å². The molecule has 0 aliphatic carbocycles. The number of imidazole rings is 1. The minimum Gasteiger partial charge on any atom is -0.496 e. The standard InChI is InChI=1S/C13H13BrN2O3/c1-8-15-6-11(13(17)18)16(8)7-9-5-10(14)3-4-12(9)19-2/h3-6H,7H2,1-2H3,(H,17,18). The van der Waals surface area contributed by atoms with Crippen molar-refractivity contribution in [2.24, 2.45) is 0 Å². The first-order chi connectivity index (χ1) is 9.02. The van der Waals surface area contributed by atoms with Crippen LogP contribution in [0.3, 0.4) is 0 Å². The van der Waals surface area contributed by atoms with Gasteiger partial charge >= 0.3 is 5.97 Å². The van der Waals surface area contributed by atoms with E-state index in [1.807, 2.05) is 18.2 Å². The molecule has 5 nitrogen and oxygen atoms in total. The molecule has 6 heteroatoms. The number of hydrogen-bond acceptors (Lipinski definition) is 3. The van der Waals surface area contributed by atoms with E-state index in [-0.39, 0.29) is 5.69 Å². The number of benzene rings is 1. The lowest BCUT2D eigenvalue weighted by Crippen LogP contribution is -2.11. The second kappa shape index (κ2) is 5.44. The van der Waals surface area contributed by atoms with Gasteiger partial charge in [0.2, 0.25) is 0 Å². The number of rotatable bonds is 4. The topological polar surface area (TPSA) is 64.3 Å². The van der Waals surface area contributed by atoms with Gasteiger partial charge in [-0.3, -0.25) is 0 Å². The number of hydrogen-bond donors (Lipinski definition) is 1. The average molecular weight is 325 g/mol. The van der Waals surface area contributed by atoms with Crippen LogP contribution in [0, 0.1) is 6.92 Å². The van der Waals surface area contributed by atoms with Crippen LogP contribution < -0.4 is 4.74 Å². The van der Waals surface area contributed by atoms with Crippen molar-refractivity contribution in [3.05, 3.63) is 46.0 Å². The molecular formula is C13H13BrN2O3. The SMILES string of the molecule is COc1ccc(Br)cc1Cn1c(C(=O)O)cnc1C. The first kappa shape index (κ1) is 13.6. The lowest BCUT2D eigenvalue weighted by Gasteiger charge is -2.12. The van der Waals surface area contributed by atoms with Crippen molar-refractivity contribution in [3.8, 4) is 5.75 Å². The van der Waals surface area contributed by atoms with Gasteiger partial charge in [-0.15, -0.1) is 0 Å². The van der Waals surface area contributed by atoms with Gasteiger partial charge in [0, 0.05) is 10.0 Å². The summed E-state index contributed by atoms with van der Waals surface area (Å²) in [6.45, 7) is 2.17. The summed E-state index contributed by atoms with van der Waals surface area (Å²) in [7, 11) is 1.59. The highest BCUT2D eigenvalue weighted by atomic mass is 79.9. The maximum atomic E-state index is 11.1. The summed E-state index contributed by atoms with van der Waals surface area (Å²) in [5.41, 5.74) is 1.06. The number of aromatic carboxylic acids is 1.